The van der Waals surface area contributed by atoms with Gasteiger partial charge in [-0.1, -0.05) is 0 Å². The minimum Gasteiger partial charge on any atom is -0.508 e. The number of thiophene rings is 1. The fourth-order valence-electron chi connectivity index (χ4n) is 4.73. The normalized spacial score (nSPS) is 14.1. The number of hydrogen-bond acceptors (Lipinski definition) is 4. The van der Waals surface area contributed by atoms with Gasteiger partial charge in [0.25, 0.3) is 0 Å². The van der Waals surface area contributed by atoms with Gasteiger partial charge in [-0.05, 0) is 90.5 Å². The van der Waals surface area contributed by atoms with Crippen LogP contribution in [-0.4, -0.2) is 18.2 Å². The third-order valence-corrected chi connectivity index (χ3v) is 7.58. The highest BCUT2D eigenvalue weighted by atomic mass is 32.1. The fraction of sp³-hybridized carbons (Fsp3) is 0.148. The molecule has 0 unspecified atom stereocenters. The summed E-state index contributed by atoms with van der Waals surface area (Å²) in [5.74, 6) is -0.144. The number of nitrogens with zero attached hydrogens (tertiary/aromatic N) is 1. The summed E-state index contributed by atoms with van der Waals surface area (Å²) >= 11 is 1.60. The quantitative estimate of drug-likeness (QED) is 0.332. The predicted molar refractivity (Wildman–Crippen MR) is 132 cm³/mol. The van der Waals surface area contributed by atoms with Crippen LogP contribution in [0.5, 0.6) is 5.75 Å². The second-order valence-corrected chi connectivity index (χ2v) is 9.40. The first kappa shape index (κ1) is 19.3. The lowest BCUT2D eigenvalue weighted by atomic mass is 10.1. The molecule has 0 aliphatic carbocycles. The lowest BCUT2D eigenvalue weighted by molar-refractivity contribution is 0.475. The van der Waals surface area contributed by atoms with Crippen molar-refractivity contribution in [3.8, 4) is 16.2 Å². The number of phenolic OH excluding ortho intramolecular Hbond substituents is 1. The van der Waals surface area contributed by atoms with Crippen LogP contribution >= 0.6 is 11.3 Å². The van der Waals surface area contributed by atoms with Crippen molar-refractivity contribution in [1.29, 1.82) is 0 Å². The summed E-state index contributed by atoms with van der Waals surface area (Å²) in [5, 5.41) is 13.3. The van der Waals surface area contributed by atoms with Crippen molar-refractivity contribution in [2.45, 2.75) is 12.8 Å². The summed E-state index contributed by atoms with van der Waals surface area (Å²) in [4.78, 5) is 16.8. The average molecular weight is 442 g/mol. The zero-order valence-electron chi connectivity index (χ0n) is 17.3. The first-order chi connectivity index (χ1) is 15.6. The zero-order chi connectivity index (χ0) is 21.8. The molecule has 1 N–H and O–H groups in total. The third-order valence-electron chi connectivity index (χ3n) is 6.36. The van der Waals surface area contributed by atoms with Gasteiger partial charge in [0.1, 0.15) is 11.6 Å². The standard InChI is InChI=1S/C27H20FNO2S/c28-17-5-9-20-22(13-17)24-15-25(16-3-7-19(30)8-4-16)32-27(24)23-14-18(29-11-1-2-12-29)6-10-21(23)26(20)31/h3-10,13-15,30H,1-2,11-12H2. The number of rotatable bonds is 2. The summed E-state index contributed by atoms with van der Waals surface area (Å²) in [6.07, 6.45) is 2.35. The van der Waals surface area contributed by atoms with E-state index in [4.69, 9.17) is 0 Å². The van der Waals surface area contributed by atoms with Gasteiger partial charge in [0.05, 0.1) is 0 Å². The van der Waals surface area contributed by atoms with E-state index in [-0.39, 0.29) is 17.0 Å². The molecule has 1 aliphatic heterocycles. The van der Waals surface area contributed by atoms with E-state index in [2.05, 4.69) is 11.0 Å². The lowest BCUT2D eigenvalue weighted by Crippen LogP contribution is -2.17. The summed E-state index contributed by atoms with van der Waals surface area (Å²) < 4.78 is 15.3. The Morgan fingerprint density at radius 1 is 0.781 bits per heavy atom. The van der Waals surface area contributed by atoms with Crippen molar-refractivity contribution in [3.05, 3.63) is 82.8 Å². The van der Waals surface area contributed by atoms with E-state index in [1.54, 1.807) is 29.5 Å². The van der Waals surface area contributed by atoms with E-state index in [1.807, 2.05) is 30.3 Å². The van der Waals surface area contributed by atoms with Crippen LogP contribution in [0, 0.1) is 5.82 Å². The molecular weight excluding hydrogens is 421 g/mol. The van der Waals surface area contributed by atoms with Gasteiger partial charge < -0.3 is 10.0 Å². The van der Waals surface area contributed by atoms with E-state index in [9.17, 15) is 14.3 Å². The highest BCUT2D eigenvalue weighted by Crippen LogP contribution is 2.40. The van der Waals surface area contributed by atoms with E-state index in [0.717, 1.165) is 44.7 Å². The Labute approximate surface area is 188 Å². The van der Waals surface area contributed by atoms with Gasteiger partial charge in [-0.25, -0.2) is 4.39 Å². The van der Waals surface area contributed by atoms with Crippen LogP contribution in [0.2, 0.25) is 0 Å². The SMILES string of the molecule is O=c1c2ccc(F)cc2c2cc(-c3ccc(O)cc3)sc2c2cc(N3CCCC3)ccc12. The number of phenols is 1. The largest absolute Gasteiger partial charge is 0.508 e. The molecule has 158 valence electrons. The summed E-state index contributed by atoms with van der Waals surface area (Å²) in [7, 11) is 0. The summed E-state index contributed by atoms with van der Waals surface area (Å²) in [5.41, 5.74) is 2.02. The Morgan fingerprint density at radius 3 is 2.25 bits per heavy atom. The first-order valence-corrected chi connectivity index (χ1v) is 11.6. The molecule has 1 fully saturated rings. The topological polar surface area (TPSA) is 40.5 Å². The van der Waals surface area contributed by atoms with Crippen LogP contribution in [0.4, 0.5) is 10.1 Å². The van der Waals surface area contributed by atoms with Crippen molar-refractivity contribution < 1.29 is 9.50 Å². The maximum atomic E-state index is 14.3. The number of hydrogen-bond donors (Lipinski definition) is 1. The molecule has 1 aliphatic rings. The van der Waals surface area contributed by atoms with Crippen LogP contribution in [0.25, 0.3) is 42.1 Å². The van der Waals surface area contributed by atoms with Gasteiger partial charge in [0.2, 0.25) is 0 Å². The molecule has 6 rings (SSSR count). The minimum absolute atomic E-state index is 0.0717. The molecule has 0 bridgehead atoms. The minimum atomic E-state index is -0.358. The maximum Gasteiger partial charge on any atom is 0.194 e. The average Bonchev–Trinajstić information content (AvgIpc) is 3.48. The smallest absolute Gasteiger partial charge is 0.194 e. The van der Waals surface area contributed by atoms with Crippen molar-refractivity contribution in [3.63, 3.8) is 0 Å². The second kappa shape index (κ2) is 7.31. The van der Waals surface area contributed by atoms with Crippen LogP contribution in [-0.2, 0) is 0 Å². The number of fused-ring (bicyclic) bond motifs is 5. The Kier molecular flexibility index (Phi) is 4.40. The van der Waals surface area contributed by atoms with Crippen molar-refractivity contribution >= 4 is 48.7 Å². The van der Waals surface area contributed by atoms with E-state index >= 15 is 0 Å². The van der Waals surface area contributed by atoms with Crippen molar-refractivity contribution in [2.24, 2.45) is 0 Å². The Balaban J connectivity index is 1.75. The number of benzene rings is 3. The van der Waals surface area contributed by atoms with Gasteiger partial charge in [-0.2, -0.15) is 0 Å². The second-order valence-electron chi connectivity index (χ2n) is 8.34. The van der Waals surface area contributed by atoms with Gasteiger partial charge in [0.15, 0.2) is 5.43 Å². The monoisotopic (exact) mass is 441 g/mol. The third kappa shape index (κ3) is 3.04. The highest BCUT2D eigenvalue weighted by Gasteiger charge is 2.17. The lowest BCUT2D eigenvalue weighted by Gasteiger charge is -2.17. The molecule has 2 heterocycles. The molecule has 0 radical (unpaired) electrons. The Bertz CT molecular complexity index is 1570. The number of anilines is 1. The molecule has 1 aromatic heterocycles. The van der Waals surface area contributed by atoms with Gasteiger partial charge >= 0.3 is 0 Å². The number of aromatic hydroxyl groups is 1. The van der Waals surface area contributed by atoms with Crippen LogP contribution in [0.15, 0.2) is 71.5 Å². The van der Waals surface area contributed by atoms with Crippen LogP contribution < -0.4 is 10.3 Å². The zero-order valence-corrected chi connectivity index (χ0v) is 18.1. The molecule has 0 saturated carbocycles. The molecule has 0 atom stereocenters. The Morgan fingerprint density at radius 2 is 1.47 bits per heavy atom. The molecule has 5 aromatic rings. The van der Waals surface area contributed by atoms with Gasteiger partial charge in [-0.15, -0.1) is 11.3 Å². The predicted octanol–water partition coefficient (Wildman–Crippen LogP) is 6.68. The molecular formula is C27H20FNO2S. The Hall–Kier alpha value is -3.44. The first-order valence-electron chi connectivity index (χ1n) is 10.8. The van der Waals surface area contributed by atoms with E-state index in [1.165, 1.54) is 25.0 Å². The molecule has 3 nitrogen and oxygen atoms in total. The molecule has 5 heteroatoms. The number of halogens is 1. The fourth-order valence-corrected chi connectivity index (χ4v) is 5.94. The molecule has 0 spiro atoms. The highest BCUT2D eigenvalue weighted by molar-refractivity contribution is 7.23. The maximum absolute atomic E-state index is 14.3. The van der Waals surface area contributed by atoms with Crippen molar-refractivity contribution in [1.82, 2.24) is 0 Å². The van der Waals surface area contributed by atoms with Gasteiger partial charge in [-0.3, -0.25) is 4.79 Å². The van der Waals surface area contributed by atoms with Crippen molar-refractivity contribution in [2.75, 3.05) is 18.0 Å². The van der Waals surface area contributed by atoms with Crippen LogP contribution in [0.1, 0.15) is 12.8 Å². The van der Waals surface area contributed by atoms with Crippen LogP contribution in [0.3, 0.4) is 0 Å². The molecule has 0 amide bonds. The van der Waals surface area contributed by atoms with E-state index < -0.39 is 0 Å². The molecule has 4 aromatic carbocycles. The molecule has 1 saturated heterocycles. The van der Waals surface area contributed by atoms with Gasteiger partial charge in [0, 0.05) is 49.9 Å². The summed E-state index contributed by atoms with van der Waals surface area (Å²) in [6.45, 7) is 2.04. The molecule has 32 heavy (non-hydrogen) atoms. The summed E-state index contributed by atoms with van der Waals surface area (Å²) in [6, 6.07) is 19.6. The van der Waals surface area contributed by atoms with E-state index in [0.29, 0.717) is 16.2 Å².